The number of aromatic nitrogens is 1. The Labute approximate surface area is 141 Å². The summed E-state index contributed by atoms with van der Waals surface area (Å²) >= 11 is 2.67. The Morgan fingerprint density at radius 3 is 2.62 bits per heavy atom. The van der Waals surface area contributed by atoms with Crippen molar-refractivity contribution >= 4 is 33.3 Å². The first-order valence-electron chi connectivity index (χ1n) is 6.06. The molecule has 0 spiro atoms. The molecule has 0 aliphatic carbocycles. The molecule has 0 aliphatic rings. The highest BCUT2D eigenvalue weighted by Crippen LogP contribution is 2.36. The van der Waals surface area contributed by atoms with Crippen molar-refractivity contribution in [1.29, 1.82) is 5.26 Å². The van der Waals surface area contributed by atoms with E-state index in [1.54, 1.807) is 6.07 Å². The lowest BCUT2D eigenvalue weighted by Gasteiger charge is -2.11. The Kier molecular flexibility index (Phi) is 4.52. The molecule has 1 heterocycles. The molecular weight excluding hydrogens is 394 g/mol. The van der Waals surface area contributed by atoms with Crippen LogP contribution in [-0.4, -0.2) is 22.6 Å². The van der Waals surface area contributed by atoms with E-state index in [9.17, 15) is 23.7 Å². The average molecular weight is 401 g/mol. The molecule has 0 aliphatic heterocycles. The quantitative estimate of drug-likeness (QED) is 0.365. The fourth-order valence-electron chi connectivity index (χ4n) is 2.03. The van der Waals surface area contributed by atoms with Crippen LogP contribution < -0.4 is 5.73 Å². The van der Waals surface area contributed by atoms with Gasteiger partial charge in [0.15, 0.2) is 23.0 Å². The molecule has 2 N–H and O–H groups in total. The zero-order chi connectivity index (χ0) is 18.2. The van der Waals surface area contributed by atoms with Crippen molar-refractivity contribution in [2.45, 2.75) is 0 Å². The van der Waals surface area contributed by atoms with E-state index in [1.807, 2.05) is 0 Å². The molecule has 0 amide bonds. The molecule has 124 valence electrons. The van der Waals surface area contributed by atoms with Crippen LogP contribution in [0.1, 0.15) is 16.1 Å². The predicted octanol–water partition coefficient (Wildman–Crippen LogP) is 2.67. The summed E-state index contributed by atoms with van der Waals surface area (Å²) in [5, 5.41) is 20.2. The van der Waals surface area contributed by atoms with Gasteiger partial charge in [0.25, 0.3) is 5.69 Å². The first-order valence-corrected chi connectivity index (χ1v) is 6.85. The number of anilines is 1. The highest BCUT2D eigenvalue weighted by atomic mass is 79.9. The topological polar surface area (TPSA) is 124 Å². The van der Waals surface area contributed by atoms with Gasteiger partial charge in [-0.3, -0.25) is 14.7 Å². The lowest BCUT2D eigenvalue weighted by atomic mass is 10.2. The molecule has 0 bridgehead atoms. The van der Waals surface area contributed by atoms with Crippen LogP contribution in [0.15, 0.2) is 16.7 Å². The fraction of sp³-hybridized carbons (Fsp3) is 0.0769. The van der Waals surface area contributed by atoms with Gasteiger partial charge in [0.1, 0.15) is 6.07 Å². The summed E-state index contributed by atoms with van der Waals surface area (Å²) in [6.07, 6.45) is 0.889. The van der Waals surface area contributed by atoms with E-state index < -0.39 is 44.1 Å². The average Bonchev–Trinajstić information content (AvgIpc) is 2.87. The molecule has 8 nitrogen and oxygen atoms in total. The van der Waals surface area contributed by atoms with E-state index in [1.165, 1.54) is 0 Å². The molecular formula is C13H7BrF2N4O4. The Morgan fingerprint density at radius 2 is 2.12 bits per heavy atom. The van der Waals surface area contributed by atoms with Crippen LogP contribution >= 0.6 is 15.9 Å². The monoisotopic (exact) mass is 400 g/mol. The minimum Gasteiger partial charge on any atom is -0.464 e. The number of halogens is 3. The number of hydrogen-bond donors (Lipinski definition) is 1. The number of nitrogens with two attached hydrogens (primary N) is 1. The molecule has 1 aromatic heterocycles. The third-order valence-corrected chi connectivity index (χ3v) is 3.67. The van der Waals surface area contributed by atoms with Crippen LogP contribution in [0.2, 0.25) is 0 Å². The van der Waals surface area contributed by atoms with Crippen LogP contribution in [0.4, 0.5) is 20.2 Å². The third kappa shape index (κ3) is 2.56. The third-order valence-electron chi connectivity index (χ3n) is 3.10. The number of rotatable bonds is 3. The zero-order valence-electron chi connectivity index (χ0n) is 11.8. The number of nitrogen functional groups attached to an aromatic ring is 1. The maximum absolute atomic E-state index is 14.4. The minimum absolute atomic E-state index is 0.257. The van der Waals surface area contributed by atoms with Gasteiger partial charge >= 0.3 is 5.97 Å². The van der Waals surface area contributed by atoms with Crippen LogP contribution in [0.3, 0.4) is 0 Å². The van der Waals surface area contributed by atoms with E-state index in [4.69, 9.17) is 11.0 Å². The standard InChI is InChI=1S/C13H7BrF2N4O4/c1-24-13(21)12-10(18)5(3-17)4-19(12)11-7(20(22)23)2-6(14)8(15)9(11)16/h2,4H,18H2,1H3. The number of carbonyl (C=O) groups is 1. The number of nitro benzene ring substituents is 1. The number of hydrogen-bond acceptors (Lipinski definition) is 6. The molecule has 0 saturated carbocycles. The number of benzene rings is 1. The molecule has 24 heavy (non-hydrogen) atoms. The summed E-state index contributed by atoms with van der Waals surface area (Å²) in [6.45, 7) is 0. The summed E-state index contributed by atoms with van der Waals surface area (Å²) in [7, 11) is 0.998. The van der Waals surface area contributed by atoms with E-state index in [2.05, 4.69) is 20.7 Å². The first kappa shape index (κ1) is 17.4. The maximum atomic E-state index is 14.4. The van der Waals surface area contributed by atoms with Crippen LogP contribution in [0.5, 0.6) is 0 Å². The van der Waals surface area contributed by atoms with Crippen molar-refractivity contribution in [3.8, 4) is 11.8 Å². The summed E-state index contributed by atoms with van der Waals surface area (Å²) in [4.78, 5) is 22.1. The van der Waals surface area contributed by atoms with Crippen molar-refractivity contribution in [3.05, 3.63) is 49.7 Å². The first-order chi connectivity index (χ1) is 11.2. The van der Waals surface area contributed by atoms with Crippen molar-refractivity contribution in [2.75, 3.05) is 12.8 Å². The second-order valence-corrected chi connectivity index (χ2v) is 5.24. The summed E-state index contributed by atoms with van der Waals surface area (Å²) < 4.78 is 32.8. The van der Waals surface area contributed by atoms with Crippen molar-refractivity contribution < 1.29 is 23.2 Å². The summed E-state index contributed by atoms with van der Waals surface area (Å²) in [5.74, 6) is -4.08. The number of esters is 1. The molecule has 0 saturated heterocycles. The minimum atomic E-state index is -1.60. The number of ether oxygens (including phenoxy) is 1. The molecule has 11 heteroatoms. The van der Waals surface area contributed by atoms with E-state index in [0.29, 0.717) is 4.57 Å². The highest BCUT2D eigenvalue weighted by Gasteiger charge is 2.31. The number of methoxy groups -OCH3 is 1. The molecule has 0 atom stereocenters. The molecule has 0 unspecified atom stereocenters. The van der Waals surface area contributed by atoms with Gasteiger partial charge < -0.3 is 10.5 Å². The smallest absolute Gasteiger partial charge is 0.357 e. The normalized spacial score (nSPS) is 10.3. The fourth-order valence-corrected chi connectivity index (χ4v) is 2.42. The number of nitro groups is 1. The van der Waals surface area contributed by atoms with E-state index in [0.717, 1.165) is 19.4 Å². The lowest BCUT2D eigenvalue weighted by molar-refractivity contribution is -0.384. The van der Waals surface area contributed by atoms with E-state index in [-0.39, 0.29) is 11.3 Å². The molecule has 2 aromatic rings. The Morgan fingerprint density at radius 1 is 1.50 bits per heavy atom. The highest BCUT2D eigenvalue weighted by molar-refractivity contribution is 9.10. The van der Waals surface area contributed by atoms with Gasteiger partial charge in [0.05, 0.1) is 27.8 Å². The second-order valence-electron chi connectivity index (χ2n) is 4.39. The van der Waals surface area contributed by atoms with Crippen LogP contribution in [-0.2, 0) is 4.74 Å². The molecule has 2 rings (SSSR count). The van der Waals surface area contributed by atoms with Gasteiger partial charge in [-0.05, 0) is 15.9 Å². The lowest BCUT2D eigenvalue weighted by Crippen LogP contribution is -2.14. The summed E-state index contributed by atoms with van der Waals surface area (Å²) in [5.41, 5.74) is 2.75. The largest absolute Gasteiger partial charge is 0.464 e. The van der Waals surface area contributed by atoms with Crippen LogP contribution in [0, 0.1) is 33.1 Å². The zero-order valence-corrected chi connectivity index (χ0v) is 13.4. The molecule has 0 radical (unpaired) electrons. The Balaban J connectivity index is 2.97. The van der Waals surface area contributed by atoms with Gasteiger partial charge in [-0.25, -0.2) is 13.6 Å². The van der Waals surface area contributed by atoms with E-state index >= 15 is 0 Å². The van der Waals surface area contributed by atoms with Gasteiger partial charge in [0, 0.05) is 12.3 Å². The number of nitriles is 1. The maximum Gasteiger partial charge on any atom is 0.357 e. The SMILES string of the molecule is COC(=O)c1c(N)c(C#N)cn1-c1c([N+](=O)[O-])cc(Br)c(F)c1F. The van der Waals surface area contributed by atoms with Gasteiger partial charge in [-0.2, -0.15) is 5.26 Å². The van der Waals surface area contributed by atoms with Gasteiger partial charge in [-0.15, -0.1) is 0 Å². The van der Waals surface area contributed by atoms with Crippen molar-refractivity contribution in [1.82, 2.24) is 4.57 Å². The molecule has 0 fully saturated rings. The second kappa shape index (κ2) is 6.25. The summed E-state index contributed by atoms with van der Waals surface area (Å²) in [6, 6.07) is 2.38. The number of carbonyl (C=O) groups excluding carboxylic acids is 1. The molecule has 1 aromatic carbocycles. The predicted molar refractivity (Wildman–Crippen MR) is 80.5 cm³/mol. The van der Waals surface area contributed by atoms with Crippen LogP contribution in [0.25, 0.3) is 5.69 Å². The van der Waals surface area contributed by atoms with Gasteiger partial charge in [-0.1, -0.05) is 0 Å². The van der Waals surface area contributed by atoms with Gasteiger partial charge in [0.2, 0.25) is 0 Å². The van der Waals surface area contributed by atoms with Crippen molar-refractivity contribution in [3.63, 3.8) is 0 Å². The van der Waals surface area contributed by atoms with Crippen molar-refractivity contribution in [2.24, 2.45) is 0 Å². The Bertz CT molecular complexity index is 920. The number of nitrogens with zero attached hydrogens (tertiary/aromatic N) is 3. The Hall–Kier alpha value is -3.00.